The van der Waals surface area contributed by atoms with Crippen molar-refractivity contribution in [2.24, 2.45) is 0 Å². The number of likely N-dealkylation sites (N-methyl/N-ethyl adjacent to an activating group) is 1. The standard InChI is InChI=1S/C13H19NO3/c1-4-16-12-7-5-11(6-8-12)13(15)17-10-9-14(2)3/h5-8H,4,9-10H2,1-3H3. The number of carbonyl (C=O) groups excluding carboxylic acids is 1. The van der Waals surface area contributed by atoms with Crippen molar-refractivity contribution < 1.29 is 14.3 Å². The van der Waals surface area contributed by atoms with Crippen LogP contribution in [0.4, 0.5) is 0 Å². The number of ether oxygens (including phenoxy) is 2. The van der Waals surface area contributed by atoms with E-state index in [1.165, 1.54) is 0 Å². The Morgan fingerprint density at radius 2 is 1.88 bits per heavy atom. The van der Waals surface area contributed by atoms with E-state index >= 15 is 0 Å². The van der Waals surface area contributed by atoms with Crippen LogP contribution in [-0.4, -0.2) is 44.7 Å². The fraction of sp³-hybridized carbons (Fsp3) is 0.462. The van der Waals surface area contributed by atoms with Gasteiger partial charge in [0.25, 0.3) is 0 Å². The molecule has 0 N–H and O–H groups in total. The van der Waals surface area contributed by atoms with Crippen molar-refractivity contribution in [3.63, 3.8) is 0 Å². The van der Waals surface area contributed by atoms with E-state index in [2.05, 4.69) is 0 Å². The summed E-state index contributed by atoms with van der Waals surface area (Å²) in [6, 6.07) is 6.96. The second-order valence-electron chi connectivity index (χ2n) is 3.90. The number of hydrogen-bond acceptors (Lipinski definition) is 4. The van der Waals surface area contributed by atoms with Gasteiger partial charge >= 0.3 is 5.97 Å². The molecular weight excluding hydrogens is 218 g/mol. The zero-order valence-corrected chi connectivity index (χ0v) is 10.6. The first-order valence-corrected chi connectivity index (χ1v) is 5.68. The van der Waals surface area contributed by atoms with Crippen LogP contribution in [0.1, 0.15) is 17.3 Å². The molecule has 0 fully saturated rings. The first-order chi connectivity index (χ1) is 8.13. The van der Waals surface area contributed by atoms with Crippen molar-refractivity contribution in [2.75, 3.05) is 33.9 Å². The monoisotopic (exact) mass is 237 g/mol. The Kier molecular flexibility index (Phi) is 5.49. The van der Waals surface area contributed by atoms with Crippen LogP contribution in [0.3, 0.4) is 0 Å². The van der Waals surface area contributed by atoms with Crippen molar-refractivity contribution >= 4 is 5.97 Å². The first-order valence-electron chi connectivity index (χ1n) is 5.68. The van der Waals surface area contributed by atoms with Crippen LogP contribution in [0, 0.1) is 0 Å². The lowest BCUT2D eigenvalue weighted by molar-refractivity contribution is 0.0482. The van der Waals surface area contributed by atoms with Gasteiger partial charge in [-0.05, 0) is 45.3 Å². The van der Waals surface area contributed by atoms with Crippen molar-refractivity contribution in [3.8, 4) is 5.75 Å². The third-order valence-electron chi connectivity index (χ3n) is 2.17. The van der Waals surface area contributed by atoms with Crippen LogP contribution in [0.15, 0.2) is 24.3 Å². The first kappa shape index (κ1) is 13.5. The minimum absolute atomic E-state index is 0.296. The maximum absolute atomic E-state index is 11.6. The van der Waals surface area contributed by atoms with Crippen molar-refractivity contribution in [2.45, 2.75) is 6.92 Å². The molecule has 4 nitrogen and oxygen atoms in total. The highest BCUT2D eigenvalue weighted by molar-refractivity contribution is 5.89. The lowest BCUT2D eigenvalue weighted by atomic mass is 10.2. The minimum atomic E-state index is -0.296. The third kappa shape index (κ3) is 4.87. The lowest BCUT2D eigenvalue weighted by Crippen LogP contribution is -2.20. The molecule has 0 aromatic heterocycles. The van der Waals surface area contributed by atoms with Crippen LogP contribution in [0.25, 0.3) is 0 Å². The van der Waals surface area contributed by atoms with E-state index in [-0.39, 0.29) is 5.97 Å². The van der Waals surface area contributed by atoms with Gasteiger partial charge in [-0.25, -0.2) is 4.79 Å². The normalized spacial score (nSPS) is 10.4. The van der Waals surface area contributed by atoms with Gasteiger partial charge in [0, 0.05) is 6.54 Å². The van der Waals surface area contributed by atoms with Crippen molar-refractivity contribution in [1.29, 1.82) is 0 Å². The molecule has 0 unspecified atom stereocenters. The topological polar surface area (TPSA) is 38.8 Å². The molecule has 94 valence electrons. The molecule has 0 radical (unpaired) electrons. The minimum Gasteiger partial charge on any atom is -0.494 e. The van der Waals surface area contributed by atoms with Crippen molar-refractivity contribution in [1.82, 2.24) is 4.90 Å². The molecule has 1 aromatic carbocycles. The van der Waals surface area contributed by atoms with E-state index < -0.39 is 0 Å². The summed E-state index contributed by atoms with van der Waals surface area (Å²) < 4.78 is 10.4. The highest BCUT2D eigenvalue weighted by atomic mass is 16.5. The number of hydrogen-bond donors (Lipinski definition) is 0. The average molecular weight is 237 g/mol. The van der Waals surface area contributed by atoms with E-state index in [0.717, 1.165) is 12.3 Å². The maximum Gasteiger partial charge on any atom is 0.338 e. The average Bonchev–Trinajstić information content (AvgIpc) is 2.30. The second-order valence-corrected chi connectivity index (χ2v) is 3.90. The predicted octanol–water partition coefficient (Wildman–Crippen LogP) is 1.80. The molecule has 0 aliphatic rings. The van der Waals surface area contributed by atoms with E-state index in [1.54, 1.807) is 24.3 Å². The Labute approximate surface area is 102 Å². The molecule has 17 heavy (non-hydrogen) atoms. The molecule has 0 aliphatic carbocycles. The summed E-state index contributed by atoms with van der Waals surface area (Å²) in [6.45, 7) is 3.66. The number of carbonyl (C=O) groups is 1. The molecule has 4 heteroatoms. The fourth-order valence-electron chi connectivity index (χ4n) is 1.26. The van der Waals surface area contributed by atoms with Gasteiger partial charge in [0.2, 0.25) is 0 Å². The van der Waals surface area contributed by atoms with Gasteiger partial charge in [-0.2, -0.15) is 0 Å². The Morgan fingerprint density at radius 1 is 1.24 bits per heavy atom. The summed E-state index contributed by atoms with van der Waals surface area (Å²) in [5, 5.41) is 0. The highest BCUT2D eigenvalue weighted by Crippen LogP contribution is 2.12. The maximum atomic E-state index is 11.6. The number of rotatable bonds is 6. The lowest BCUT2D eigenvalue weighted by Gasteiger charge is -2.10. The van der Waals surface area contributed by atoms with Crippen LogP contribution < -0.4 is 4.74 Å². The highest BCUT2D eigenvalue weighted by Gasteiger charge is 2.06. The van der Waals surface area contributed by atoms with Gasteiger partial charge < -0.3 is 14.4 Å². The summed E-state index contributed by atoms with van der Waals surface area (Å²) in [5.41, 5.74) is 0.548. The zero-order valence-electron chi connectivity index (χ0n) is 10.6. The fourth-order valence-corrected chi connectivity index (χ4v) is 1.26. The Hall–Kier alpha value is -1.55. The van der Waals surface area contributed by atoms with Gasteiger partial charge in [0.05, 0.1) is 12.2 Å². The summed E-state index contributed by atoms with van der Waals surface area (Å²) in [7, 11) is 3.87. The summed E-state index contributed by atoms with van der Waals surface area (Å²) >= 11 is 0. The van der Waals surface area contributed by atoms with E-state index in [4.69, 9.17) is 9.47 Å². The molecule has 1 aromatic rings. The van der Waals surface area contributed by atoms with Crippen molar-refractivity contribution in [3.05, 3.63) is 29.8 Å². The summed E-state index contributed by atoms with van der Waals surface area (Å²) in [5.74, 6) is 0.465. The molecule has 1 rings (SSSR count). The van der Waals surface area contributed by atoms with Crippen LogP contribution in [-0.2, 0) is 4.74 Å². The molecule has 0 spiro atoms. The Bertz CT molecular complexity index is 346. The van der Waals surface area contributed by atoms with E-state index in [1.807, 2.05) is 25.9 Å². The van der Waals surface area contributed by atoms with Gasteiger partial charge in [-0.15, -0.1) is 0 Å². The molecular formula is C13H19NO3. The molecule has 0 heterocycles. The number of esters is 1. The van der Waals surface area contributed by atoms with Gasteiger partial charge in [0.15, 0.2) is 0 Å². The Morgan fingerprint density at radius 3 is 2.41 bits per heavy atom. The number of nitrogens with zero attached hydrogens (tertiary/aromatic N) is 1. The molecule has 0 saturated carbocycles. The number of benzene rings is 1. The van der Waals surface area contributed by atoms with Gasteiger partial charge in [-0.1, -0.05) is 0 Å². The van der Waals surface area contributed by atoms with Crippen LogP contribution in [0.5, 0.6) is 5.75 Å². The molecule has 0 aliphatic heterocycles. The smallest absolute Gasteiger partial charge is 0.338 e. The van der Waals surface area contributed by atoms with Gasteiger partial charge in [0.1, 0.15) is 12.4 Å². The van der Waals surface area contributed by atoms with Crippen LogP contribution in [0.2, 0.25) is 0 Å². The molecule has 0 bridgehead atoms. The third-order valence-corrected chi connectivity index (χ3v) is 2.17. The largest absolute Gasteiger partial charge is 0.494 e. The second kappa shape index (κ2) is 6.91. The SMILES string of the molecule is CCOc1ccc(C(=O)OCCN(C)C)cc1. The Balaban J connectivity index is 2.46. The zero-order chi connectivity index (χ0) is 12.7. The van der Waals surface area contributed by atoms with E-state index in [0.29, 0.717) is 18.8 Å². The predicted molar refractivity (Wildman–Crippen MR) is 66.4 cm³/mol. The molecule has 0 atom stereocenters. The quantitative estimate of drug-likeness (QED) is 0.707. The molecule has 0 amide bonds. The summed E-state index contributed by atoms with van der Waals surface area (Å²) in [6.07, 6.45) is 0. The van der Waals surface area contributed by atoms with Crippen LogP contribution >= 0.6 is 0 Å². The molecule has 0 saturated heterocycles. The van der Waals surface area contributed by atoms with E-state index in [9.17, 15) is 4.79 Å². The van der Waals surface area contributed by atoms with Gasteiger partial charge in [-0.3, -0.25) is 0 Å². The summed E-state index contributed by atoms with van der Waals surface area (Å²) in [4.78, 5) is 13.6.